The normalized spacial score (nSPS) is 26.4. The van der Waals surface area contributed by atoms with Gasteiger partial charge in [-0.1, -0.05) is 60.7 Å². The molecule has 1 aliphatic heterocycles. The fourth-order valence-electron chi connectivity index (χ4n) is 3.77. The first-order valence-electron chi connectivity index (χ1n) is 9.00. The summed E-state index contributed by atoms with van der Waals surface area (Å²) in [7, 11) is 0. The number of benzene rings is 2. The van der Waals surface area contributed by atoms with Gasteiger partial charge in [-0.3, -0.25) is 9.59 Å². The van der Waals surface area contributed by atoms with Crippen LogP contribution >= 0.6 is 0 Å². The minimum Gasteiger partial charge on any atom is -0.391 e. The van der Waals surface area contributed by atoms with Gasteiger partial charge in [-0.15, -0.1) is 0 Å². The van der Waals surface area contributed by atoms with Crippen molar-refractivity contribution in [3.8, 4) is 0 Å². The molecule has 1 N–H and O–H groups in total. The van der Waals surface area contributed by atoms with E-state index in [0.717, 1.165) is 0 Å². The molecule has 0 saturated carbocycles. The Balaban J connectivity index is 1.88. The summed E-state index contributed by atoms with van der Waals surface area (Å²) in [4.78, 5) is 25.8. The summed E-state index contributed by atoms with van der Waals surface area (Å²) in [5.41, 5.74) is 1.21. The van der Waals surface area contributed by atoms with E-state index >= 15 is 0 Å². The molecule has 3 rings (SSSR count). The standard InChI is InChI=1S/C22H24O4/c1-14(23)22-20(21(25)17-11-7-4-8-12-17)18(15(2)26-22)13-19(24)16-9-5-3-6-10-16/h3-12,14-15,18,20,22-23H,13H2,1-2H3/t14?,15-,18-,20+,22+/m1/s1. The van der Waals surface area contributed by atoms with Crippen LogP contribution in [0.1, 0.15) is 41.0 Å². The van der Waals surface area contributed by atoms with Gasteiger partial charge in [-0.2, -0.15) is 0 Å². The molecule has 1 aliphatic rings. The van der Waals surface area contributed by atoms with Gasteiger partial charge < -0.3 is 9.84 Å². The highest BCUT2D eigenvalue weighted by Gasteiger charge is 2.48. The first kappa shape index (κ1) is 18.5. The molecular formula is C22H24O4. The second-order valence-electron chi connectivity index (χ2n) is 6.96. The Labute approximate surface area is 153 Å². The highest BCUT2D eigenvalue weighted by molar-refractivity contribution is 6.00. The SMILES string of the molecule is CC(O)[C@@H]1O[C@H](C)[C@@H](CC(=O)c2ccccc2)[C@H]1C(=O)c1ccccc1. The largest absolute Gasteiger partial charge is 0.391 e. The molecule has 0 radical (unpaired) electrons. The Hall–Kier alpha value is -2.30. The molecule has 136 valence electrons. The van der Waals surface area contributed by atoms with Crippen LogP contribution in [0, 0.1) is 11.8 Å². The first-order valence-corrected chi connectivity index (χ1v) is 9.00. The van der Waals surface area contributed by atoms with E-state index in [-0.39, 0.29) is 30.0 Å². The summed E-state index contributed by atoms with van der Waals surface area (Å²) in [6, 6.07) is 18.1. The molecule has 1 saturated heterocycles. The highest BCUT2D eigenvalue weighted by atomic mass is 16.5. The van der Waals surface area contributed by atoms with E-state index in [1.165, 1.54) is 0 Å². The molecule has 1 fully saturated rings. The molecule has 0 bridgehead atoms. The molecule has 0 spiro atoms. The lowest BCUT2D eigenvalue weighted by molar-refractivity contribution is -0.0322. The molecule has 0 amide bonds. The second-order valence-corrected chi connectivity index (χ2v) is 6.96. The number of rotatable bonds is 6. The van der Waals surface area contributed by atoms with Gasteiger partial charge in [0.15, 0.2) is 11.6 Å². The molecule has 1 heterocycles. The van der Waals surface area contributed by atoms with Crippen molar-refractivity contribution in [2.24, 2.45) is 11.8 Å². The zero-order chi connectivity index (χ0) is 18.7. The van der Waals surface area contributed by atoms with E-state index in [4.69, 9.17) is 4.74 Å². The Morgan fingerprint density at radius 3 is 2.08 bits per heavy atom. The maximum absolute atomic E-state index is 13.1. The number of ether oxygens (including phenoxy) is 1. The molecule has 5 atom stereocenters. The van der Waals surface area contributed by atoms with Crippen LogP contribution in [0.2, 0.25) is 0 Å². The molecule has 4 heteroatoms. The highest BCUT2D eigenvalue weighted by Crippen LogP contribution is 2.39. The maximum Gasteiger partial charge on any atom is 0.169 e. The third kappa shape index (κ3) is 3.76. The van der Waals surface area contributed by atoms with E-state index in [0.29, 0.717) is 11.1 Å². The lowest BCUT2D eigenvalue weighted by Gasteiger charge is -2.23. The smallest absolute Gasteiger partial charge is 0.169 e. The van der Waals surface area contributed by atoms with Gasteiger partial charge in [0.2, 0.25) is 0 Å². The van der Waals surface area contributed by atoms with E-state index in [9.17, 15) is 14.7 Å². The zero-order valence-electron chi connectivity index (χ0n) is 15.0. The molecule has 26 heavy (non-hydrogen) atoms. The van der Waals surface area contributed by atoms with Crippen molar-refractivity contribution >= 4 is 11.6 Å². The van der Waals surface area contributed by atoms with Crippen molar-refractivity contribution in [3.63, 3.8) is 0 Å². The summed E-state index contributed by atoms with van der Waals surface area (Å²) >= 11 is 0. The number of carbonyl (C=O) groups is 2. The van der Waals surface area contributed by atoms with Gasteiger partial charge in [-0.05, 0) is 13.8 Å². The number of hydrogen-bond donors (Lipinski definition) is 1. The predicted octanol–water partition coefficient (Wildman–Crippen LogP) is 3.54. The zero-order valence-corrected chi connectivity index (χ0v) is 15.0. The van der Waals surface area contributed by atoms with Crippen molar-refractivity contribution in [3.05, 3.63) is 71.8 Å². The van der Waals surface area contributed by atoms with Crippen molar-refractivity contribution in [1.29, 1.82) is 0 Å². The number of ketones is 2. The average Bonchev–Trinajstić information content (AvgIpc) is 2.99. The van der Waals surface area contributed by atoms with E-state index in [1.807, 2.05) is 43.3 Å². The third-order valence-corrected chi connectivity index (χ3v) is 5.14. The minimum absolute atomic E-state index is 0.0110. The van der Waals surface area contributed by atoms with Crippen LogP contribution in [0.4, 0.5) is 0 Å². The lowest BCUT2D eigenvalue weighted by atomic mass is 9.77. The number of aliphatic hydroxyl groups excluding tert-OH is 1. The Morgan fingerprint density at radius 1 is 1.00 bits per heavy atom. The monoisotopic (exact) mass is 352 g/mol. The molecule has 2 aromatic rings. The maximum atomic E-state index is 13.1. The minimum atomic E-state index is -0.785. The Bertz CT molecular complexity index is 754. The van der Waals surface area contributed by atoms with E-state index < -0.39 is 18.1 Å². The topological polar surface area (TPSA) is 63.6 Å². The molecule has 4 nitrogen and oxygen atoms in total. The van der Waals surface area contributed by atoms with Crippen LogP contribution in [0.3, 0.4) is 0 Å². The van der Waals surface area contributed by atoms with Crippen molar-refractivity contribution in [2.75, 3.05) is 0 Å². The molecular weight excluding hydrogens is 328 g/mol. The van der Waals surface area contributed by atoms with E-state index in [1.54, 1.807) is 31.2 Å². The van der Waals surface area contributed by atoms with Gasteiger partial charge in [-0.25, -0.2) is 0 Å². The Kier molecular flexibility index (Phi) is 5.64. The second kappa shape index (κ2) is 7.94. The number of hydrogen-bond acceptors (Lipinski definition) is 4. The number of aliphatic hydroxyl groups is 1. The number of carbonyl (C=O) groups excluding carboxylic acids is 2. The summed E-state index contributed by atoms with van der Waals surface area (Å²) in [5.74, 6) is -0.898. The lowest BCUT2D eigenvalue weighted by Crippen LogP contribution is -2.36. The van der Waals surface area contributed by atoms with Gasteiger partial charge in [0.1, 0.15) is 0 Å². The fraction of sp³-hybridized carbons (Fsp3) is 0.364. The first-order chi connectivity index (χ1) is 12.5. The van der Waals surface area contributed by atoms with Crippen LogP contribution < -0.4 is 0 Å². The summed E-state index contributed by atoms with van der Waals surface area (Å²) < 4.78 is 5.90. The molecule has 0 aliphatic carbocycles. The van der Waals surface area contributed by atoms with Gasteiger partial charge in [0.05, 0.1) is 24.2 Å². The molecule has 1 unspecified atom stereocenters. The van der Waals surface area contributed by atoms with Crippen molar-refractivity contribution < 1.29 is 19.4 Å². The van der Waals surface area contributed by atoms with E-state index in [2.05, 4.69) is 0 Å². The van der Waals surface area contributed by atoms with Crippen LogP contribution in [0.15, 0.2) is 60.7 Å². The summed E-state index contributed by atoms with van der Waals surface area (Å²) in [5, 5.41) is 10.1. The average molecular weight is 352 g/mol. The third-order valence-electron chi connectivity index (χ3n) is 5.14. The Morgan fingerprint density at radius 2 is 1.54 bits per heavy atom. The van der Waals surface area contributed by atoms with Crippen LogP contribution in [-0.2, 0) is 4.74 Å². The number of Topliss-reactive ketones (excluding diaryl/α,β-unsaturated/α-hetero) is 2. The van der Waals surface area contributed by atoms with Gasteiger partial charge in [0.25, 0.3) is 0 Å². The van der Waals surface area contributed by atoms with Crippen LogP contribution in [-0.4, -0.2) is 35.0 Å². The predicted molar refractivity (Wildman–Crippen MR) is 99.2 cm³/mol. The fourth-order valence-corrected chi connectivity index (χ4v) is 3.77. The summed E-state index contributed by atoms with van der Waals surface area (Å²) in [6.07, 6.45) is -1.45. The van der Waals surface area contributed by atoms with Gasteiger partial charge >= 0.3 is 0 Å². The summed E-state index contributed by atoms with van der Waals surface area (Å²) in [6.45, 7) is 3.50. The van der Waals surface area contributed by atoms with Crippen LogP contribution in [0.5, 0.6) is 0 Å². The van der Waals surface area contributed by atoms with Crippen LogP contribution in [0.25, 0.3) is 0 Å². The van der Waals surface area contributed by atoms with Gasteiger partial charge in [0, 0.05) is 23.5 Å². The molecule has 2 aromatic carbocycles. The quantitative estimate of drug-likeness (QED) is 0.808. The van der Waals surface area contributed by atoms with Crippen molar-refractivity contribution in [2.45, 2.75) is 38.6 Å². The van der Waals surface area contributed by atoms with Crippen molar-refractivity contribution in [1.82, 2.24) is 0 Å². The molecule has 0 aromatic heterocycles.